The first-order valence-corrected chi connectivity index (χ1v) is 7.86. The molecule has 0 aliphatic rings. The van der Waals surface area contributed by atoms with Gasteiger partial charge in [-0.05, 0) is 65.2 Å². The zero-order valence-corrected chi connectivity index (χ0v) is 14.4. The Bertz CT molecular complexity index is 855. The largest absolute Gasteiger partial charge is 0.496 e. The van der Waals surface area contributed by atoms with Gasteiger partial charge in [0, 0.05) is 22.8 Å². The van der Waals surface area contributed by atoms with Crippen LogP contribution in [-0.2, 0) is 6.54 Å². The highest BCUT2D eigenvalue weighted by Crippen LogP contribution is 2.30. The molecule has 114 valence electrons. The minimum Gasteiger partial charge on any atom is -0.496 e. The zero-order valence-electron chi connectivity index (χ0n) is 12.9. The van der Waals surface area contributed by atoms with Gasteiger partial charge in [0.05, 0.1) is 18.5 Å². The highest BCUT2D eigenvalue weighted by atomic mass is 79.9. The number of ether oxygens (including phenoxy) is 1. The Morgan fingerprint density at radius 3 is 2.64 bits per heavy atom. The normalized spacial score (nSPS) is 11.1. The molecular weight excluding hydrogens is 342 g/mol. The van der Waals surface area contributed by atoms with Crippen molar-refractivity contribution in [3.63, 3.8) is 0 Å². The van der Waals surface area contributed by atoms with Crippen molar-refractivity contribution in [2.45, 2.75) is 20.4 Å². The summed E-state index contributed by atoms with van der Waals surface area (Å²) in [6.45, 7) is 4.51. The third kappa shape index (κ3) is 2.40. The predicted octanol–water partition coefficient (Wildman–Crippen LogP) is 3.85. The lowest BCUT2D eigenvalue weighted by Crippen LogP contribution is -2.03. The fourth-order valence-corrected chi connectivity index (χ4v) is 3.32. The molecule has 0 fully saturated rings. The Labute approximate surface area is 138 Å². The molecule has 0 bridgehead atoms. The molecule has 0 spiro atoms. The van der Waals surface area contributed by atoms with Crippen LogP contribution in [0.2, 0.25) is 0 Å². The summed E-state index contributed by atoms with van der Waals surface area (Å²) in [7, 11) is 1.68. The number of imidazole rings is 1. The number of nitrogens with two attached hydrogens (primary N) is 1. The fraction of sp³-hybridized carbons (Fsp3) is 0.235. The Morgan fingerprint density at radius 2 is 2.00 bits per heavy atom. The van der Waals surface area contributed by atoms with E-state index in [4.69, 9.17) is 15.5 Å². The monoisotopic (exact) mass is 359 g/mol. The fourth-order valence-electron chi connectivity index (χ4n) is 2.77. The van der Waals surface area contributed by atoms with Gasteiger partial charge in [-0.2, -0.15) is 0 Å². The van der Waals surface area contributed by atoms with E-state index in [1.807, 2.05) is 25.3 Å². The third-order valence-electron chi connectivity index (χ3n) is 3.83. The smallest absolute Gasteiger partial charge is 0.140 e. The number of methoxy groups -OCH3 is 1. The van der Waals surface area contributed by atoms with Crippen LogP contribution in [0.5, 0.6) is 5.75 Å². The van der Waals surface area contributed by atoms with Crippen LogP contribution >= 0.6 is 15.9 Å². The average molecular weight is 360 g/mol. The minimum absolute atomic E-state index is 0.428. The molecule has 1 aromatic carbocycles. The van der Waals surface area contributed by atoms with Crippen molar-refractivity contribution in [3.8, 4) is 17.0 Å². The molecule has 5 heteroatoms. The Hall–Kier alpha value is -1.85. The third-order valence-corrected chi connectivity index (χ3v) is 4.26. The molecule has 0 aliphatic heterocycles. The summed E-state index contributed by atoms with van der Waals surface area (Å²) in [5.74, 6) is 0.876. The molecule has 0 saturated heterocycles. The van der Waals surface area contributed by atoms with Crippen LogP contribution in [0.4, 0.5) is 0 Å². The van der Waals surface area contributed by atoms with Crippen LogP contribution in [0.25, 0.3) is 16.9 Å². The van der Waals surface area contributed by atoms with Gasteiger partial charge in [-0.15, -0.1) is 0 Å². The second-order valence-corrected chi connectivity index (χ2v) is 6.25. The van der Waals surface area contributed by atoms with Crippen molar-refractivity contribution >= 4 is 21.6 Å². The van der Waals surface area contributed by atoms with Crippen molar-refractivity contribution in [1.29, 1.82) is 0 Å². The van der Waals surface area contributed by atoms with Crippen LogP contribution in [0.15, 0.2) is 34.9 Å². The Morgan fingerprint density at radius 1 is 1.23 bits per heavy atom. The first kappa shape index (κ1) is 15.1. The maximum absolute atomic E-state index is 5.99. The number of aryl methyl sites for hydroxylation is 2. The topological polar surface area (TPSA) is 52.5 Å². The number of nitrogens with zero attached hydrogens (tertiary/aromatic N) is 2. The molecule has 0 radical (unpaired) electrons. The molecule has 3 aromatic rings. The second-order valence-electron chi connectivity index (χ2n) is 5.33. The number of aromatic nitrogens is 2. The molecule has 2 aromatic heterocycles. The summed E-state index contributed by atoms with van der Waals surface area (Å²) in [5.41, 5.74) is 12.1. The molecule has 2 heterocycles. The predicted molar refractivity (Wildman–Crippen MR) is 92.2 cm³/mol. The molecule has 3 rings (SSSR count). The first-order valence-electron chi connectivity index (χ1n) is 7.07. The van der Waals surface area contributed by atoms with E-state index >= 15 is 0 Å². The summed E-state index contributed by atoms with van der Waals surface area (Å²) in [6, 6.07) is 8.14. The summed E-state index contributed by atoms with van der Waals surface area (Å²) in [4.78, 5) is 4.81. The van der Waals surface area contributed by atoms with Crippen molar-refractivity contribution in [1.82, 2.24) is 9.38 Å². The van der Waals surface area contributed by atoms with E-state index in [-0.39, 0.29) is 0 Å². The van der Waals surface area contributed by atoms with Gasteiger partial charge in [0.2, 0.25) is 0 Å². The minimum atomic E-state index is 0.428. The molecule has 0 unspecified atom stereocenters. The molecule has 0 amide bonds. The van der Waals surface area contributed by atoms with Crippen LogP contribution in [0, 0.1) is 13.8 Å². The van der Waals surface area contributed by atoms with E-state index in [0.717, 1.165) is 43.9 Å². The average Bonchev–Trinajstić information content (AvgIpc) is 2.85. The lowest BCUT2D eigenvalue weighted by atomic mass is 10.1. The maximum atomic E-state index is 5.99. The first-order chi connectivity index (χ1) is 10.5. The Balaban J connectivity index is 2.26. The van der Waals surface area contributed by atoms with Crippen molar-refractivity contribution < 1.29 is 4.74 Å². The van der Waals surface area contributed by atoms with Gasteiger partial charge < -0.3 is 14.9 Å². The van der Waals surface area contributed by atoms with Gasteiger partial charge in [-0.3, -0.25) is 0 Å². The number of rotatable bonds is 3. The number of pyridine rings is 1. The number of halogens is 1. The van der Waals surface area contributed by atoms with E-state index in [2.05, 4.69) is 39.4 Å². The molecule has 0 saturated carbocycles. The van der Waals surface area contributed by atoms with Crippen molar-refractivity contribution in [3.05, 3.63) is 51.8 Å². The highest BCUT2D eigenvalue weighted by molar-refractivity contribution is 9.10. The highest BCUT2D eigenvalue weighted by Gasteiger charge is 2.15. The van der Waals surface area contributed by atoms with Gasteiger partial charge in [0.1, 0.15) is 11.4 Å². The second kappa shape index (κ2) is 5.74. The van der Waals surface area contributed by atoms with Gasteiger partial charge in [-0.1, -0.05) is 0 Å². The van der Waals surface area contributed by atoms with E-state index in [1.165, 1.54) is 0 Å². The lowest BCUT2D eigenvalue weighted by Gasteiger charge is -2.07. The molecule has 0 atom stereocenters. The number of hydrogen-bond donors (Lipinski definition) is 1. The van der Waals surface area contributed by atoms with Gasteiger partial charge in [0.25, 0.3) is 0 Å². The number of hydrogen-bond acceptors (Lipinski definition) is 3. The lowest BCUT2D eigenvalue weighted by molar-refractivity contribution is 0.412. The van der Waals surface area contributed by atoms with E-state index in [0.29, 0.717) is 6.54 Å². The standard InChI is InChI=1S/C17H18BrN3O/c1-10-6-12(4-5-15(10)22-3)16-14(8-19)21-9-13(18)7-11(2)17(21)20-16/h4-7,9H,8,19H2,1-3H3. The van der Waals surface area contributed by atoms with Crippen LogP contribution in [0.3, 0.4) is 0 Å². The van der Waals surface area contributed by atoms with Gasteiger partial charge in [0.15, 0.2) is 0 Å². The quantitative estimate of drug-likeness (QED) is 0.772. The summed E-state index contributed by atoms with van der Waals surface area (Å²) in [6.07, 6.45) is 2.01. The van der Waals surface area contributed by atoms with E-state index in [9.17, 15) is 0 Å². The van der Waals surface area contributed by atoms with Crippen molar-refractivity contribution in [2.24, 2.45) is 5.73 Å². The molecular formula is C17H18BrN3O. The maximum Gasteiger partial charge on any atom is 0.140 e. The molecule has 2 N–H and O–H groups in total. The molecule has 0 aliphatic carbocycles. The van der Waals surface area contributed by atoms with Crippen LogP contribution < -0.4 is 10.5 Å². The van der Waals surface area contributed by atoms with E-state index in [1.54, 1.807) is 7.11 Å². The Kier molecular flexibility index (Phi) is 3.93. The summed E-state index contributed by atoms with van der Waals surface area (Å²) < 4.78 is 8.41. The number of fused-ring (bicyclic) bond motifs is 1. The molecule has 4 nitrogen and oxygen atoms in total. The van der Waals surface area contributed by atoms with Gasteiger partial charge in [-0.25, -0.2) is 4.98 Å². The summed E-state index contributed by atoms with van der Waals surface area (Å²) >= 11 is 3.54. The van der Waals surface area contributed by atoms with Crippen LogP contribution in [0.1, 0.15) is 16.8 Å². The SMILES string of the molecule is COc1ccc(-c2nc3c(C)cc(Br)cn3c2CN)cc1C. The zero-order chi connectivity index (χ0) is 15.9. The van der Waals surface area contributed by atoms with E-state index < -0.39 is 0 Å². The number of benzene rings is 1. The van der Waals surface area contributed by atoms with Crippen molar-refractivity contribution in [2.75, 3.05) is 7.11 Å². The molecule has 22 heavy (non-hydrogen) atoms. The summed E-state index contributed by atoms with van der Waals surface area (Å²) in [5, 5.41) is 0. The van der Waals surface area contributed by atoms with Gasteiger partial charge >= 0.3 is 0 Å². The van der Waals surface area contributed by atoms with Crippen LogP contribution in [-0.4, -0.2) is 16.5 Å².